The quantitative estimate of drug-likeness (QED) is 0.161. The van der Waals surface area contributed by atoms with Gasteiger partial charge in [-0.1, -0.05) is 32.9 Å². The third-order valence-electron chi connectivity index (χ3n) is 7.60. The Hall–Kier alpha value is -3.72. The number of carbonyl (C=O) groups excluding carboxylic acids is 1. The molecule has 1 aliphatic carbocycles. The third kappa shape index (κ3) is 7.18. The zero-order valence-corrected chi connectivity index (χ0v) is 25.4. The van der Waals surface area contributed by atoms with E-state index in [0.717, 1.165) is 42.5 Å². The number of nitrogens with zero attached hydrogens (tertiary/aromatic N) is 2. The second-order valence-electron chi connectivity index (χ2n) is 12.1. The molecule has 3 heterocycles. The molecule has 2 N–H and O–H groups in total. The van der Waals surface area contributed by atoms with Crippen LogP contribution in [0.5, 0.6) is 11.5 Å². The lowest BCUT2D eigenvalue weighted by molar-refractivity contribution is -0.137. The number of ether oxygens (including phenoxy) is 2. The van der Waals surface area contributed by atoms with Crippen molar-refractivity contribution in [2.75, 3.05) is 19.8 Å². The maximum Gasteiger partial charge on any atom is 0.303 e. The van der Waals surface area contributed by atoms with Crippen molar-refractivity contribution in [2.45, 2.75) is 77.2 Å². The number of carboxylic acids is 1. The van der Waals surface area contributed by atoms with Crippen molar-refractivity contribution >= 4 is 28.9 Å². The van der Waals surface area contributed by atoms with Crippen LogP contribution < -0.4 is 9.47 Å². The van der Waals surface area contributed by atoms with Gasteiger partial charge in [0.2, 0.25) is 0 Å². The van der Waals surface area contributed by atoms with Crippen LogP contribution in [0.4, 0.5) is 0 Å². The summed E-state index contributed by atoms with van der Waals surface area (Å²) in [5.74, 6) is 0.862. The van der Waals surface area contributed by atoms with Crippen LogP contribution >= 0.6 is 11.3 Å². The number of aliphatic carboxylic acids is 1. The number of hydrogen-bond acceptors (Lipinski definition) is 7. The van der Waals surface area contributed by atoms with Crippen molar-refractivity contribution in [3.8, 4) is 11.5 Å². The minimum atomic E-state index is -0.866. The number of ketones is 1. The average Bonchev–Trinajstić information content (AvgIpc) is 3.58. The number of Topliss-reactive ketones (excluding diaryl/α,β-unsaturated/α-hetero) is 1. The van der Waals surface area contributed by atoms with Crippen LogP contribution in [0.3, 0.4) is 0 Å². The van der Waals surface area contributed by atoms with Gasteiger partial charge in [0, 0.05) is 46.1 Å². The number of carboxylic acid groups (broad SMARTS) is 1. The Morgan fingerprint density at radius 2 is 1.90 bits per heavy atom. The summed E-state index contributed by atoms with van der Waals surface area (Å²) in [5.41, 5.74) is 3.66. The fourth-order valence-corrected chi connectivity index (χ4v) is 5.88. The number of amidine groups is 1. The number of fused-ring (bicyclic) bond motifs is 1. The van der Waals surface area contributed by atoms with E-state index >= 15 is 0 Å². The molecule has 0 radical (unpaired) electrons. The number of hydrogen-bond donors (Lipinski definition) is 2. The lowest BCUT2D eigenvalue weighted by Crippen LogP contribution is -2.30. The number of nitrogens with one attached hydrogen (secondary N) is 1. The number of benzene rings is 1. The summed E-state index contributed by atoms with van der Waals surface area (Å²) in [4.78, 5) is 32.6. The molecule has 1 fully saturated rings. The van der Waals surface area contributed by atoms with Crippen LogP contribution in [0.15, 0.2) is 41.8 Å². The summed E-state index contributed by atoms with van der Waals surface area (Å²) in [6.45, 7) is 7.39. The summed E-state index contributed by atoms with van der Waals surface area (Å²) < 4.78 is 12.4. The van der Waals surface area contributed by atoms with Crippen molar-refractivity contribution in [1.29, 1.82) is 5.41 Å². The molecule has 0 spiro atoms. The first kappa shape index (κ1) is 29.8. The highest BCUT2D eigenvalue weighted by molar-refractivity contribution is 7.09. The van der Waals surface area contributed by atoms with Crippen molar-refractivity contribution < 1.29 is 24.2 Å². The molecule has 1 aliphatic heterocycles. The van der Waals surface area contributed by atoms with Crippen LogP contribution in [-0.2, 0) is 23.2 Å². The van der Waals surface area contributed by atoms with Crippen LogP contribution in [0.1, 0.15) is 96.5 Å². The maximum atomic E-state index is 13.7. The van der Waals surface area contributed by atoms with Gasteiger partial charge in [0.1, 0.15) is 11.5 Å². The van der Waals surface area contributed by atoms with E-state index < -0.39 is 5.97 Å². The van der Waals surface area contributed by atoms with Crippen LogP contribution in [-0.4, -0.2) is 52.3 Å². The first-order valence-electron chi connectivity index (χ1n) is 14.7. The van der Waals surface area contributed by atoms with Crippen molar-refractivity contribution in [3.63, 3.8) is 0 Å². The van der Waals surface area contributed by atoms with E-state index in [4.69, 9.17) is 25.0 Å². The van der Waals surface area contributed by atoms with Crippen molar-refractivity contribution in [1.82, 2.24) is 9.88 Å². The Balaban J connectivity index is 1.36. The summed E-state index contributed by atoms with van der Waals surface area (Å²) in [5, 5.41) is 19.9. The Bertz CT molecular complexity index is 1460. The van der Waals surface area contributed by atoms with E-state index in [1.807, 2.05) is 18.2 Å². The second-order valence-corrected chi connectivity index (χ2v) is 13.2. The minimum Gasteiger partial charge on any atom is -0.490 e. The number of carbonyl (C=O) groups is 2. The summed E-state index contributed by atoms with van der Waals surface area (Å²) in [7, 11) is 0. The van der Waals surface area contributed by atoms with Crippen molar-refractivity contribution in [3.05, 3.63) is 74.7 Å². The highest BCUT2D eigenvalue weighted by Crippen LogP contribution is 2.41. The molecule has 0 atom stereocenters. The van der Waals surface area contributed by atoms with E-state index in [0.29, 0.717) is 54.1 Å². The van der Waals surface area contributed by atoms with Crippen LogP contribution in [0, 0.1) is 5.41 Å². The zero-order chi connectivity index (χ0) is 29.9. The third-order valence-corrected chi connectivity index (χ3v) is 8.54. The topological polar surface area (TPSA) is 113 Å². The number of aromatic nitrogens is 1. The monoisotopic (exact) mass is 589 g/mol. The molecule has 1 saturated carbocycles. The predicted molar refractivity (Wildman–Crippen MR) is 163 cm³/mol. The standard InChI is InChI=1S/C33H39N3O5S/c1-33(2,3)25-17-23(27(37)20-36-19-22-12-13-26(21-10-11-21)35-30(22)32(36)34)18-28(31(25)41-15-5-9-29(38)39)40-14-4-7-24-8-6-16-42-24/h6,8,12-13,16-18,21,34H,4-5,7,9-11,14-15,19-20H2,1-3H3,(H,38,39). The molecule has 8 nitrogen and oxygen atoms in total. The first-order valence-corrected chi connectivity index (χ1v) is 15.5. The van der Waals surface area contributed by atoms with Gasteiger partial charge >= 0.3 is 5.97 Å². The van der Waals surface area contributed by atoms with Gasteiger partial charge in [-0.3, -0.25) is 15.0 Å². The Morgan fingerprint density at radius 3 is 2.60 bits per heavy atom. The smallest absolute Gasteiger partial charge is 0.303 e. The number of pyridine rings is 1. The fourth-order valence-electron chi connectivity index (χ4n) is 5.13. The fraction of sp³-hybridized carbons (Fsp3) is 0.455. The Labute approximate surface area is 251 Å². The average molecular weight is 590 g/mol. The van der Waals surface area contributed by atoms with E-state index in [9.17, 15) is 9.59 Å². The maximum absolute atomic E-state index is 13.7. The molecule has 1 aromatic carbocycles. The highest BCUT2D eigenvalue weighted by Gasteiger charge is 2.32. The molecule has 0 bridgehead atoms. The van der Waals surface area contributed by atoms with E-state index in [2.05, 4.69) is 38.3 Å². The predicted octanol–water partition coefficient (Wildman–Crippen LogP) is 6.60. The Kier molecular flexibility index (Phi) is 8.96. The number of thiophene rings is 1. The molecule has 0 saturated heterocycles. The van der Waals surface area contributed by atoms with Gasteiger partial charge in [-0.15, -0.1) is 11.3 Å². The Morgan fingerprint density at radius 1 is 1.12 bits per heavy atom. The molecular weight excluding hydrogens is 550 g/mol. The molecule has 2 aliphatic rings. The lowest BCUT2D eigenvalue weighted by atomic mass is 9.84. The lowest BCUT2D eigenvalue weighted by Gasteiger charge is -2.26. The van der Waals surface area contributed by atoms with Gasteiger partial charge in [0.15, 0.2) is 17.3 Å². The van der Waals surface area contributed by atoms with Crippen molar-refractivity contribution in [2.24, 2.45) is 0 Å². The van der Waals surface area contributed by atoms with Gasteiger partial charge < -0.3 is 19.5 Å². The van der Waals surface area contributed by atoms with E-state index in [-0.39, 0.29) is 30.8 Å². The molecule has 3 aromatic rings. The molecule has 42 heavy (non-hydrogen) atoms. The summed E-state index contributed by atoms with van der Waals surface area (Å²) >= 11 is 1.72. The molecule has 2 aromatic heterocycles. The van der Waals surface area contributed by atoms with Gasteiger partial charge in [0.05, 0.1) is 19.8 Å². The molecule has 5 rings (SSSR count). The minimum absolute atomic E-state index is 0.0135. The molecule has 9 heteroatoms. The first-order chi connectivity index (χ1) is 20.1. The van der Waals surface area contributed by atoms with Gasteiger partial charge in [-0.25, -0.2) is 4.98 Å². The SMILES string of the molecule is CC(C)(C)c1cc(C(=O)CN2Cc3ccc(C4CC4)nc3C2=N)cc(OCCCc2cccs2)c1OCCCC(=O)O. The van der Waals surface area contributed by atoms with E-state index in [1.54, 1.807) is 22.3 Å². The molecular formula is C33H39N3O5S. The van der Waals surface area contributed by atoms with E-state index in [1.165, 1.54) is 4.88 Å². The molecule has 222 valence electrons. The van der Waals surface area contributed by atoms with Gasteiger partial charge in [-0.2, -0.15) is 0 Å². The highest BCUT2D eigenvalue weighted by atomic mass is 32.1. The van der Waals surface area contributed by atoms with Crippen LogP contribution in [0.2, 0.25) is 0 Å². The summed E-state index contributed by atoms with van der Waals surface area (Å²) in [6.07, 6.45) is 4.38. The van der Waals surface area contributed by atoms with Gasteiger partial charge in [0.25, 0.3) is 0 Å². The largest absolute Gasteiger partial charge is 0.490 e. The number of rotatable bonds is 14. The molecule has 0 amide bonds. The summed E-state index contributed by atoms with van der Waals surface area (Å²) in [6, 6.07) is 11.9. The second kappa shape index (κ2) is 12.7. The normalized spacial score (nSPS) is 14.6. The van der Waals surface area contributed by atoms with Crippen LogP contribution in [0.25, 0.3) is 0 Å². The zero-order valence-electron chi connectivity index (χ0n) is 24.6. The molecule has 0 unspecified atom stereocenters. The number of aryl methyl sites for hydroxylation is 1. The van der Waals surface area contributed by atoms with Gasteiger partial charge in [-0.05, 0) is 67.2 Å².